The first-order valence-electron chi connectivity index (χ1n) is 7.38. The second-order valence-corrected chi connectivity index (χ2v) is 6.58. The zero-order chi connectivity index (χ0) is 13.9. The molecule has 108 valence electrons. The number of halogens is 1. The van der Waals surface area contributed by atoms with Gasteiger partial charge in [0, 0.05) is 22.6 Å². The number of nitrogens with zero attached hydrogens (tertiary/aromatic N) is 1. The van der Waals surface area contributed by atoms with E-state index in [1.807, 2.05) is 24.3 Å². The van der Waals surface area contributed by atoms with Crippen molar-refractivity contribution in [3.05, 3.63) is 34.3 Å². The summed E-state index contributed by atoms with van der Waals surface area (Å²) >= 11 is 3.40. The molecule has 1 heterocycles. The predicted molar refractivity (Wildman–Crippen MR) is 82.0 cm³/mol. The lowest BCUT2D eigenvalue weighted by Gasteiger charge is -2.43. The summed E-state index contributed by atoms with van der Waals surface area (Å²) in [6, 6.07) is 8.08. The molecule has 2 atom stereocenters. The zero-order valence-electron chi connectivity index (χ0n) is 11.6. The van der Waals surface area contributed by atoms with Crippen LogP contribution in [0.1, 0.15) is 36.0 Å². The van der Waals surface area contributed by atoms with Gasteiger partial charge in [-0.1, -0.05) is 40.9 Å². The van der Waals surface area contributed by atoms with Crippen molar-refractivity contribution < 1.29 is 9.53 Å². The quantitative estimate of drug-likeness (QED) is 0.793. The number of ketones is 1. The summed E-state index contributed by atoms with van der Waals surface area (Å²) < 4.78 is 6.86. The average molecular weight is 338 g/mol. The molecule has 1 saturated carbocycles. The number of ether oxygens (including phenoxy) is 1. The van der Waals surface area contributed by atoms with Gasteiger partial charge >= 0.3 is 0 Å². The molecule has 4 heteroatoms. The van der Waals surface area contributed by atoms with Gasteiger partial charge in [-0.3, -0.25) is 9.69 Å². The molecule has 20 heavy (non-hydrogen) atoms. The Kier molecular flexibility index (Phi) is 4.54. The van der Waals surface area contributed by atoms with Gasteiger partial charge in [-0.2, -0.15) is 0 Å². The number of rotatable bonds is 3. The van der Waals surface area contributed by atoms with Crippen LogP contribution in [0.15, 0.2) is 28.7 Å². The summed E-state index contributed by atoms with van der Waals surface area (Å²) in [6.45, 7) is 2.16. The third-order valence-corrected chi connectivity index (χ3v) is 4.89. The second-order valence-electron chi connectivity index (χ2n) is 5.66. The molecule has 2 unspecified atom stereocenters. The van der Waals surface area contributed by atoms with Crippen molar-refractivity contribution in [2.75, 3.05) is 19.7 Å². The molecule has 0 spiro atoms. The molecule has 1 aliphatic heterocycles. The highest BCUT2D eigenvalue weighted by atomic mass is 79.9. The van der Waals surface area contributed by atoms with Crippen molar-refractivity contribution in [1.82, 2.24) is 4.90 Å². The van der Waals surface area contributed by atoms with Gasteiger partial charge in [-0.25, -0.2) is 0 Å². The van der Waals surface area contributed by atoms with E-state index < -0.39 is 0 Å². The monoisotopic (exact) mass is 337 g/mol. The molecule has 0 N–H and O–H groups in total. The Labute approximate surface area is 128 Å². The molecule has 0 bridgehead atoms. The number of carbonyl (C=O) groups excluding carboxylic acids is 1. The third-order valence-electron chi connectivity index (χ3n) is 4.36. The van der Waals surface area contributed by atoms with Crippen molar-refractivity contribution in [3.63, 3.8) is 0 Å². The lowest BCUT2D eigenvalue weighted by atomic mass is 9.90. The molecule has 3 nitrogen and oxygen atoms in total. The van der Waals surface area contributed by atoms with Gasteiger partial charge in [0.15, 0.2) is 5.78 Å². The first kappa shape index (κ1) is 14.2. The highest BCUT2D eigenvalue weighted by molar-refractivity contribution is 9.10. The van der Waals surface area contributed by atoms with Crippen LogP contribution in [0.2, 0.25) is 0 Å². The molecule has 1 aromatic carbocycles. The zero-order valence-corrected chi connectivity index (χ0v) is 13.1. The highest BCUT2D eigenvalue weighted by Crippen LogP contribution is 2.28. The van der Waals surface area contributed by atoms with Gasteiger partial charge in [0.05, 0.1) is 19.3 Å². The van der Waals surface area contributed by atoms with Crippen molar-refractivity contribution in [1.29, 1.82) is 0 Å². The molecular weight excluding hydrogens is 318 g/mol. The van der Waals surface area contributed by atoms with E-state index in [2.05, 4.69) is 20.8 Å². The lowest BCUT2D eigenvalue weighted by molar-refractivity contribution is -0.0846. The van der Waals surface area contributed by atoms with E-state index in [0.29, 0.717) is 18.7 Å². The number of hydrogen-bond donors (Lipinski definition) is 0. The molecular formula is C16H20BrNO2. The van der Waals surface area contributed by atoms with Crippen LogP contribution in [0.3, 0.4) is 0 Å². The van der Waals surface area contributed by atoms with Gasteiger partial charge in [-0.05, 0) is 25.0 Å². The highest BCUT2D eigenvalue weighted by Gasteiger charge is 2.34. The second kappa shape index (κ2) is 6.37. The fraction of sp³-hybridized carbons (Fsp3) is 0.562. The Balaban J connectivity index is 1.66. The standard InChI is InChI=1S/C16H20BrNO2/c17-13-7-5-12(6-8-13)15(19)11-18-9-10-20-16-4-2-1-3-14(16)18/h5-8,14,16H,1-4,9-11H2. The first-order chi connectivity index (χ1) is 9.74. The van der Waals surface area contributed by atoms with E-state index in [-0.39, 0.29) is 5.78 Å². The minimum atomic E-state index is 0.212. The molecule has 3 rings (SSSR count). The smallest absolute Gasteiger partial charge is 0.176 e. The Bertz CT molecular complexity index is 472. The van der Waals surface area contributed by atoms with E-state index >= 15 is 0 Å². The van der Waals surface area contributed by atoms with E-state index in [1.165, 1.54) is 12.8 Å². The molecule has 1 saturated heterocycles. The van der Waals surface area contributed by atoms with Crippen LogP contribution in [0.4, 0.5) is 0 Å². The molecule has 0 radical (unpaired) electrons. The number of carbonyl (C=O) groups is 1. The van der Waals surface area contributed by atoms with Gasteiger partial charge in [0.1, 0.15) is 0 Å². The number of benzene rings is 1. The topological polar surface area (TPSA) is 29.5 Å². The van der Waals surface area contributed by atoms with Crippen LogP contribution in [-0.2, 0) is 4.74 Å². The maximum Gasteiger partial charge on any atom is 0.176 e. The minimum Gasteiger partial charge on any atom is -0.375 e. The van der Waals surface area contributed by atoms with E-state index in [9.17, 15) is 4.79 Å². The molecule has 2 aliphatic rings. The van der Waals surface area contributed by atoms with E-state index in [1.54, 1.807) is 0 Å². The molecule has 2 fully saturated rings. The van der Waals surface area contributed by atoms with Gasteiger partial charge in [-0.15, -0.1) is 0 Å². The average Bonchev–Trinajstić information content (AvgIpc) is 2.48. The fourth-order valence-electron chi connectivity index (χ4n) is 3.28. The van der Waals surface area contributed by atoms with Crippen LogP contribution in [0, 0.1) is 0 Å². The van der Waals surface area contributed by atoms with E-state index in [4.69, 9.17) is 4.74 Å². The summed E-state index contributed by atoms with van der Waals surface area (Å²) in [5, 5.41) is 0. The lowest BCUT2D eigenvalue weighted by Crippen LogP contribution is -2.53. The van der Waals surface area contributed by atoms with Crippen LogP contribution >= 0.6 is 15.9 Å². The number of fused-ring (bicyclic) bond motifs is 1. The normalized spacial score (nSPS) is 27.1. The summed E-state index contributed by atoms with van der Waals surface area (Å²) in [5.41, 5.74) is 0.798. The van der Waals surface area contributed by atoms with E-state index in [0.717, 1.165) is 36.0 Å². The van der Waals surface area contributed by atoms with Crippen LogP contribution in [0.5, 0.6) is 0 Å². The summed E-state index contributed by atoms with van der Waals surface area (Å²) in [7, 11) is 0. The Morgan fingerprint density at radius 2 is 2.00 bits per heavy atom. The SMILES string of the molecule is O=C(CN1CCOC2CCCCC21)c1ccc(Br)cc1. The molecule has 1 aliphatic carbocycles. The van der Waals surface area contributed by atoms with Crippen LogP contribution in [-0.4, -0.2) is 42.5 Å². The van der Waals surface area contributed by atoms with Gasteiger partial charge < -0.3 is 4.74 Å². The van der Waals surface area contributed by atoms with Crippen molar-refractivity contribution >= 4 is 21.7 Å². The fourth-order valence-corrected chi connectivity index (χ4v) is 3.55. The number of hydrogen-bond acceptors (Lipinski definition) is 3. The van der Waals surface area contributed by atoms with Crippen LogP contribution in [0.25, 0.3) is 0 Å². The van der Waals surface area contributed by atoms with Gasteiger partial charge in [0.2, 0.25) is 0 Å². The Morgan fingerprint density at radius 3 is 2.80 bits per heavy atom. The maximum atomic E-state index is 12.4. The van der Waals surface area contributed by atoms with Crippen molar-refractivity contribution in [3.8, 4) is 0 Å². The summed E-state index contributed by atoms with van der Waals surface area (Å²) in [4.78, 5) is 14.7. The summed E-state index contributed by atoms with van der Waals surface area (Å²) in [6.07, 6.45) is 5.17. The van der Waals surface area contributed by atoms with Gasteiger partial charge in [0.25, 0.3) is 0 Å². The third kappa shape index (κ3) is 3.13. The minimum absolute atomic E-state index is 0.212. The maximum absolute atomic E-state index is 12.4. The molecule has 1 aromatic rings. The Hall–Kier alpha value is -0.710. The number of morpholine rings is 1. The van der Waals surface area contributed by atoms with Crippen molar-refractivity contribution in [2.24, 2.45) is 0 Å². The predicted octanol–water partition coefficient (Wildman–Crippen LogP) is 3.28. The first-order valence-corrected chi connectivity index (χ1v) is 8.18. The Morgan fingerprint density at radius 1 is 1.25 bits per heavy atom. The van der Waals surface area contributed by atoms with Crippen LogP contribution < -0.4 is 0 Å². The largest absolute Gasteiger partial charge is 0.375 e. The summed E-state index contributed by atoms with van der Waals surface area (Å²) in [5.74, 6) is 0.212. The molecule has 0 aromatic heterocycles. The van der Waals surface area contributed by atoms with Crippen molar-refractivity contribution in [2.45, 2.75) is 37.8 Å². The molecule has 0 amide bonds. The number of Topliss-reactive ketones (excluding diaryl/α,β-unsaturated/α-hetero) is 1.